The van der Waals surface area contributed by atoms with E-state index in [0.717, 1.165) is 5.39 Å². The number of rotatable bonds is 8. The maximum atomic E-state index is 13.6. The number of carbonyl (C=O) groups excluding carboxylic acids is 3. The number of nitrogens with zero attached hydrogens (tertiary/aromatic N) is 3. The molecule has 0 bridgehead atoms. The molecule has 3 aromatic rings. The highest BCUT2D eigenvalue weighted by Crippen LogP contribution is 2.34. The smallest absolute Gasteiger partial charge is 0.415 e. The number of fused-ring (bicyclic) bond motifs is 2. The SMILES string of the molecule is CCCC(NC(=O)Oc1oc2ccccc2c1C)C(=O)N1CCC2C1C(=O)CN2S(=O)(=O)Cc1cccnc1. The zero-order chi connectivity index (χ0) is 27.7. The van der Waals surface area contributed by atoms with Gasteiger partial charge in [-0.25, -0.2) is 13.2 Å². The topological polar surface area (TPSA) is 139 Å². The Kier molecular flexibility index (Phi) is 7.41. The molecule has 3 atom stereocenters. The molecule has 2 aliphatic rings. The Morgan fingerprint density at radius 1 is 1.23 bits per heavy atom. The summed E-state index contributed by atoms with van der Waals surface area (Å²) in [5.74, 6) is -1.02. The molecule has 2 aromatic heterocycles. The molecule has 1 N–H and O–H groups in total. The third-order valence-corrected chi connectivity index (χ3v) is 9.06. The number of carbonyl (C=O) groups is 3. The fourth-order valence-electron chi connectivity index (χ4n) is 5.41. The third kappa shape index (κ3) is 5.26. The van der Waals surface area contributed by atoms with E-state index in [1.165, 1.54) is 15.4 Å². The molecule has 2 saturated heterocycles. The van der Waals surface area contributed by atoms with Crippen molar-refractivity contribution in [1.29, 1.82) is 0 Å². The number of aromatic nitrogens is 1. The van der Waals surface area contributed by atoms with Crippen LogP contribution in [-0.2, 0) is 25.4 Å². The van der Waals surface area contributed by atoms with E-state index in [0.29, 0.717) is 36.0 Å². The first-order valence-corrected chi connectivity index (χ1v) is 14.5. The highest BCUT2D eigenvalue weighted by molar-refractivity contribution is 7.88. The summed E-state index contributed by atoms with van der Waals surface area (Å²) < 4.78 is 38.6. The van der Waals surface area contributed by atoms with Crippen LogP contribution in [-0.4, -0.2) is 71.6 Å². The molecular formula is C27H30N4O7S. The second-order valence-electron chi connectivity index (χ2n) is 9.85. The predicted octanol–water partition coefficient (Wildman–Crippen LogP) is 2.78. The Morgan fingerprint density at radius 2 is 2.03 bits per heavy atom. The summed E-state index contributed by atoms with van der Waals surface area (Å²) >= 11 is 0. The minimum absolute atomic E-state index is 0.0399. The maximum Gasteiger partial charge on any atom is 0.415 e. The van der Waals surface area contributed by atoms with Crippen LogP contribution >= 0.6 is 0 Å². The zero-order valence-corrected chi connectivity index (χ0v) is 22.5. The van der Waals surface area contributed by atoms with Crippen LogP contribution in [0.15, 0.2) is 53.2 Å². The Balaban J connectivity index is 1.28. The summed E-state index contributed by atoms with van der Waals surface area (Å²) in [7, 11) is -3.81. The van der Waals surface area contributed by atoms with Gasteiger partial charge in [0.2, 0.25) is 15.9 Å². The summed E-state index contributed by atoms with van der Waals surface area (Å²) in [6.07, 6.45) is 3.42. The number of hydrogen-bond acceptors (Lipinski definition) is 8. The standard InChI is InChI=1S/C27H30N4O7S/c1-3-7-20(29-27(34)38-26-17(2)19-9-4-5-10-23(19)37-26)25(33)30-13-11-21-24(30)22(32)15-31(21)39(35,36)16-18-8-6-12-28-14-18/h4-6,8-10,12,14,20-21,24H,3,7,11,13,15-16H2,1-2H3,(H,29,34). The summed E-state index contributed by atoms with van der Waals surface area (Å²) in [6.45, 7) is 3.56. The summed E-state index contributed by atoms with van der Waals surface area (Å²) in [4.78, 5) is 44.7. The van der Waals surface area contributed by atoms with Crippen molar-refractivity contribution in [3.8, 4) is 5.95 Å². The van der Waals surface area contributed by atoms with Crippen molar-refractivity contribution in [3.63, 3.8) is 0 Å². The Hall–Kier alpha value is -3.77. The molecule has 0 saturated carbocycles. The largest absolute Gasteiger partial charge is 0.425 e. The average molecular weight is 555 g/mol. The first-order valence-electron chi connectivity index (χ1n) is 12.9. The van der Waals surface area contributed by atoms with Crippen molar-refractivity contribution in [1.82, 2.24) is 19.5 Å². The van der Waals surface area contributed by atoms with Gasteiger partial charge in [0.1, 0.15) is 17.7 Å². The Bertz CT molecular complexity index is 1500. The normalized spacial score (nSPS) is 20.3. The lowest BCUT2D eigenvalue weighted by atomic mass is 10.1. The number of furan rings is 1. The van der Waals surface area contributed by atoms with Gasteiger partial charge in [-0.2, -0.15) is 4.31 Å². The molecule has 39 heavy (non-hydrogen) atoms. The van der Waals surface area contributed by atoms with E-state index in [-0.39, 0.29) is 30.6 Å². The molecule has 4 heterocycles. The van der Waals surface area contributed by atoms with Crippen molar-refractivity contribution >= 4 is 38.8 Å². The highest BCUT2D eigenvalue weighted by Gasteiger charge is 2.54. The van der Waals surface area contributed by atoms with Crippen LogP contribution in [0.1, 0.15) is 37.3 Å². The van der Waals surface area contributed by atoms with Gasteiger partial charge in [-0.1, -0.05) is 37.6 Å². The van der Waals surface area contributed by atoms with Crippen LogP contribution in [0, 0.1) is 6.92 Å². The molecule has 2 fully saturated rings. The first-order chi connectivity index (χ1) is 18.7. The Morgan fingerprint density at radius 3 is 2.74 bits per heavy atom. The number of ketones is 1. The van der Waals surface area contributed by atoms with Crippen molar-refractivity contribution in [2.24, 2.45) is 0 Å². The van der Waals surface area contributed by atoms with E-state index >= 15 is 0 Å². The molecule has 5 rings (SSSR count). The maximum absolute atomic E-state index is 13.6. The average Bonchev–Trinajstić information content (AvgIpc) is 3.58. The fourth-order valence-corrected chi connectivity index (χ4v) is 7.13. The number of Topliss-reactive ketones (excluding diaryl/α,β-unsaturated/α-hetero) is 1. The molecule has 2 amide bonds. The number of nitrogens with one attached hydrogen (secondary N) is 1. The molecular weight excluding hydrogens is 524 g/mol. The molecule has 0 spiro atoms. The molecule has 12 heteroatoms. The fraction of sp³-hybridized carbons (Fsp3) is 0.407. The van der Waals surface area contributed by atoms with Crippen LogP contribution in [0.25, 0.3) is 11.0 Å². The Labute approximate surface area is 226 Å². The molecule has 0 radical (unpaired) electrons. The highest BCUT2D eigenvalue weighted by atomic mass is 32.2. The van der Waals surface area contributed by atoms with E-state index < -0.39 is 40.1 Å². The minimum Gasteiger partial charge on any atom is -0.425 e. The van der Waals surface area contributed by atoms with Crippen molar-refractivity contribution in [2.45, 2.75) is 57.0 Å². The number of sulfonamides is 1. The lowest BCUT2D eigenvalue weighted by Crippen LogP contribution is -2.53. The van der Waals surface area contributed by atoms with Gasteiger partial charge in [-0.3, -0.25) is 14.6 Å². The lowest BCUT2D eigenvalue weighted by molar-refractivity contribution is -0.138. The van der Waals surface area contributed by atoms with E-state index in [1.54, 1.807) is 31.3 Å². The van der Waals surface area contributed by atoms with Crippen molar-refractivity contribution < 1.29 is 32.0 Å². The predicted molar refractivity (Wildman–Crippen MR) is 141 cm³/mol. The molecule has 2 aliphatic heterocycles. The summed E-state index contributed by atoms with van der Waals surface area (Å²) in [6, 6.07) is 8.11. The van der Waals surface area contributed by atoms with E-state index in [4.69, 9.17) is 9.15 Å². The third-order valence-electron chi connectivity index (χ3n) is 7.24. The first kappa shape index (κ1) is 26.8. The van der Waals surface area contributed by atoms with Gasteiger partial charge in [-0.05, 0) is 37.5 Å². The van der Waals surface area contributed by atoms with E-state index in [2.05, 4.69) is 10.3 Å². The van der Waals surface area contributed by atoms with Crippen molar-refractivity contribution in [2.75, 3.05) is 13.1 Å². The van der Waals surface area contributed by atoms with Crippen LogP contribution in [0.2, 0.25) is 0 Å². The second-order valence-corrected chi connectivity index (χ2v) is 11.8. The molecule has 0 aliphatic carbocycles. The van der Waals surface area contributed by atoms with Gasteiger partial charge in [0.15, 0.2) is 5.78 Å². The van der Waals surface area contributed by atoms with Crippen LogP contribution in [0.3, 0.4) is 0 Å². The minimum atomic E-state index is -3.81. The van der Waals surface area contributed by atoms with Crippen LogP contribution in [0.5, 0.6) is 5.95 Å². The number of ether oxygens (including phenoxy) is 1. The van der Waals surface area contributed by atoms with E-state index in [1.807, 2.05) is 25.1 Å². The number of amides is 2. The van der Waals surface area contributed by atoms with Crippen LogP contribution < -0.4 is 10.1 Å². The van der Waals surface area contributed by atoms with Gasteiger partial charge in [0.25, 0.3) is 5.95 Å². The van der Waals surface area contributed by atoms with Gasteiger partial charge < -0.3 is 19.4 Å². The molecule has 11 nitrogen and oxygen atoms in total. The monoisotopic (exact) mass is 554 g/mol. The summed E-state index contributed by atoms with van der Waals surface area (Å²) in [5, 5.41) is 3.43. The molecule has 1 aromatic carbocycles. The number of hydrogen-bond donors (Lipinski definition) is 1. The number of benzene rings is 1. The van der Waals surface area contributed by atoms with E-state index in [9.17, 15) is 22.8 Å². The number of aryl methyl sites for hydroxylation is 1. The van der Waals surface area contributed by atoms with Gasteiger partial charge in [0, 0.05) is 29.9 Å². The van der Waals surface area contributed by atoms with Gasteiger partial charge in [-0.15, -0.1) is 0 Å². The number of pyridine rings is 1. The second kappa shape index (κ2) is 10.8. The quantitative estimate of drug-likeness (QED) is 0.449. The zero-order valence-electron chi connectivity index (χ0n) is 21.7. The van der Waals surface area contributed by atoms with Crippen molar-refractivity contribution in [3.05, 3.63) is 59.9 Å². The molecule has 3 unspecified atom stereocenters. The summed E-state index contributed by atoms with van der Waals surface area (Å²) in [5.41, 5.74) is 1.75. The van der Waals surface area contributed by atoms with Gasteiger partial charge in [0.05, 0.1) is 18.3 Å². The number of likely N-dealkylation sites (tertiary alicyclic amines) is 1. The number of para-hydroxylation sites is 1. The van der Waals surface area contributed by atoms with Crippen LogP contribution in [0.4, 0.5) is 4.79 Å². The van der Waals surface area contributed by atoms with Gasteiger partial charge >= 0.3 is 6.09 Å². The molecule has 206 valence electrons. The lowest BCUT2D eigenvalue weighted by Gasteiger charge is -2.28.